The summed E-state index contributed by atoms with van der Waals surface area (Å²) in [7, 11) is 0. The van der Waals surface area contributed by atoms with Crippen molar-refractivity contribution >= 4 is 44.1 Å². The number of carbonyl (C=O) groups excluding carboxylic acids is 2. The number of hydrogen-bond acceptors (Lipinski definition) is 4. The zero-order valence-electron chi connectivity index (χ0n) is 15.5. The van der Waals surface area contributed by atoms with Gasteiger partial charge in [-0.1, -0.05) is 41.4 Å². The lowest BCUT2D eigenvalue weighted by molar-refractivity contribution is -0.115. The predicted molar refractivity (Wildman–Crippen MR) is 113 cm³/mol. The van der Waals surface area contributed by atoms with Crippen LogP contribution in [0.25, 0.3) is 0 Å². The van der Waals surface area contributed by atoms with Gasteiger partial charge in [0.1, 0.15) is 5.00 Å². The first kappa shape index (κ1) is 20.1. The van der Waals surface area contributed by atoms with E-state index in [9.17, 15) is 9.59 Å². The van der Waals surface area contributed by atoms with Crippen molar-refractivity contribution in [2.75, 3.05) is 11.9 Å². The number of halogens is 1. The van der Waals surface area contributed by atoms with Crippen LogP contribution in [0.5, 0.6) is 0 Å². The van der Waals surface area contributed by atoms with E-state index in [1.807, 2.05) is 31.2 Å². The monoisotopic (exact) mass is 449 g/mol. The van der Waals surface area contributed by atoms with Crippen LogP contribution < -0.4 is 5.32 Å². The molecule has 0 unspecified atom stereocenters. The van der Waals surface area contributed by atoms with Crippen molar-refractivity contribution in [3.05, 3.63) is 50.3 Å². The second-order valence-corrected chi connectivity index (χ2v) is 8.78. The summed E-state index contributed by atoms with van der Waals surface area (Å²) >= 11 is 4.94. The van der Waals surface area contributed by atoms with Crippen LogP contribution in [0.15, 0.2) is 28.7 Å². The number of thiophene rings is 1. The van der Waals surface area contributed by atoms with Crippen LogP contribution in [-0.2, 0) is 28.8 Å². The van der Waals surface area contributed by atoms with Crippen LogP contribution in [0, 0.1) is 0 Å². The number of ether oxygens (including phenoxy) is 1. The Hall–Kier alpha value is -1.66. The third-order valence-corrected chi connectivity index (χ3v) is 6.33. The van der Waals surface area contributed by atoms with Gasteiger partial charge in [-0.2, -0.15) is 0 Å². The normalized spacial score (nSPS) is 13.6. The van der Waals surface area contributed by atoms with Crippen molar-refractivity contribution in [3.8, 4) is 0 Å². The fourth-order valence-corrected chi connectivity index (χ4v) is 4.83. The number of amides is 1. The van der Waals surface area contributed by atoms with Gasteiger partial charge in [0.05, 0.1) is 18.6 Å². The SMILES string of the molecule is CCCOC(=O)c1c(NC(=O)Cc2ccc(Br)cc2)sc2c1CCCCC2. The molecule has 0 radical (unpaired) electrons. The smallest absolute Gasteiger partial charge is 0.341 e. The first-order chi connectivity index (χ1) is 13.1. The van der Waals surface area contributed by atoms with Gasteiger partial charge in [-0.25, -0.2) is 4.79 Å². The van der Waals surface area contributed by atoms with Gasteiger partial charge < -0.3 is 10.1 Å². The molecule has 1 aromatic carbocycles. The van der Waals surface area contributed by atoms with E-state index in [0.29, 0.717) is 17.2 Å². The average Bonchev–Trinajstić information content (AvgIpc) is 2.82. The zero-order valence-corrected chi connectivity index (χ0v) is 17.9. The van der Waals surface area contributed by atoms with Crippen molar-refractivity contribution in [2.24, 2.45) is 0 Å². The number of benzene rings is 1. The number of aryl methyl sites for hydroxylation is 1. The highest BCUT2D eigenvalue weighted by molar-refractivity contribution is 9.10. The lowest BCUT2D eigenvalue weighted by Gasteiger charge is -2.09. The number of fused-ring (bicyclic) bond motifs is 1. The maximum atomic E-state index is 12.7. The van der Waals surface area contributed by atoms with E-state index < -0.39 is 0 Å². The molecule has 0 atom stereocenters. The molecule has 0 saturated heterocycles. The van der Waals surface area contributed by atoms with Gasteiger partial charge in [-0.05, 0) is 55.4 Å². The van der Waals surface area contributed by atoms with Crippen LogP contribution in [-0.4, -0.2) is 18.5 Å². The highest BCUT2D eigenvalue weighted by Crippen LogP contribution is 2.38. The summed E-state index contributed by atoms with van der Waals surface area (Å²) in [6.07, 6.45) is 6.29. The number of anilines is 1. The van der Waals surface area contributed by atoms with E-state index in [1.54, 1.807) is 0 Å². The van der Waals surface area contributed by atoms with Crippen LogP contribution in [0.4, 0.5) is 5.00 Å². The molecule has 2 aromatic rings. The van der Waals surface area contributed by atoms with Crippen molar-refractivity contribution in [2.45, 2.75) is 51.9 Å². The van der Waals surface area contributed by atoms with Gasteiger partial charge in [0, 0.05) is 9.35 Å². The highest BCUT2D eigenvalue weighted by atomic mass is 79.9. The molecule has 0 saturated carbocycles. The molecule has 0 aliphatic heterocycles. The summed E-state index contributed by atoms with van der Waals surface area (Å²) in [5, 5.41) is 3.62. The molecule has 6 heteroatoms. The summed E-state index contributed by atoms with van der Waals surface area (Å²) in [4.78, 5) is 26.5. The highest BCUT2D eigenvalue weighted by Gasteiger charge is 2.26. The Morgan fingerprint density at radius 1 is 1.15 bits per heavy atom. The van der Waals surface area contributed by atoms with Crippen LogP contribution >= 0.6 is 27.3 Å². The number of hydrogen-bond donors (Lipinski definition) is 1. The molecular weight excluding hydrogens is 426 g/mol. The third-order valence-electron chi connectivity index (χ3n) is 4.59. The summed E-state index contributed by atoms with van der Waals surface area (Å²) in [5.74, 6) is -0.423. The number of rotatable bonds is 6. The van der Waals surface area contributed by atoms with Gasteiger partial charge >= 0.3 is 5.97 Å². The van der Waals surface area contributed by atoms with Gasteiger partial charge in [0.25, 0.3) is 0 Å². The zero-order chi connectivity index (χ0) is 19.2. The molecular formula is C21H24BrNO3S. The van der Waals surface area contributed by atoms with Gasteiger partial charge in [-0.15, -0.1) is 11.3 Å². The van der Waals surface area contributed by atoms with Crippen LogP contribution in [0.1, 0.15) is 59.0 Å². The second-order valence-electron chi connectivity index (χ2n) is 6.76. The molecule has 0 bridgehead atoms. The minimum atomic E-state index is -0.310. The summed E-state index contributed by atoms with van der Waals surface area (Å²) < 4.78 is 6.39. The first-order valence-electron chi connectivity index (χ1n) is 9.44. The molecule has 1 heterocycles. The molecule has 1 N–H and O–H groups in total. The molecule has 27 heavy (non-hydrogen) atoms. The Bertz CT molecular complexity index is 814. The first-order valence-corrected chi connectivity index (χ1v) is 11.1. The third kappa shape index (κ3) is 5.20. The molecule has 1 amide bonds. The predicted octanol–water partition coefficient (Wildman–Crippen LogP) is 5.53. The second kappa shape index (κ2) is 9.51. The Kier molecular flexibility index (Phi) is 7.07. The van der Waals surface area contributed by atoms with E-state index in [2.05, 4.69) is 21.2 Å². The van der Waals surface area contributed by atoms with Crippen LogP contribution in [0.2, 0.25) is 0 Å². The van der Waals surface area contributed by atoms with Gasteiger partial charge in [-0.3, -0.25) is 4.79 Å². The summed E-state index contributed by atoms with van der Waals surface area (Å²) in [5.41, 5.74) is 2.59. The largest absolute Gasteiger partial charge is 0.462 e. The molecule has 1 aliphatic rings. The topological polar surface area (TPSA) is 55.4 Å². The Morgan fingerprint density at radius 3 is 2.63 bits per heavy atom. The fraction of sp³-hybridized carbons (Fsp3) is 0.429. The Labute approximate surface area is 172 Å². The Morgan fingerprint density at radius 2 is 1.89 bits per heavy atom. The molecule has 144 valence electrons. The van der Waals surface area contributed by atoms with Gasteiger partial charge in [0.15, 0.2) is 0 Å². The molecule has 4 nitrogen and oxygen atoms in total. The lowest BCUT2D eigenvalue weighted by atomic mass is 10.1. The van der Waals surface area contributed by atoms with Crippen molar-refractivity contribution in [1.82, 2.24) is 0 Å². The van der Waals surface area contributed by atoms with Gasteiger partial charge in [0.2, 0.25) is 5.91 Å². The van der Waals surface area contributed by atoms with E-state index in [4.69, 9.17) is 4.74 Å². The average molecular weight is 450 g/mol. The number of esters is 1. The molecule has 0 spiro atoms. The van der Waals surface area contributed by atoms with E-state index >= 15 is 0 Å². The molecule has 0 fully saturated rings. The quantitative estimate of drug-likeness (QED) is 0.465. The summed E-state index contributed by atoms with van der Waals surface area (Å²) in [6.45, 7) is 2.37. The van der Waals surface area contributed by atoms with Crippen molar-refractivity contribution in [1.29, 1.82) is 0 Å². The van der Waals surface area contributed by atoms with E-state index in [1.165, 1.54) is 22.6 Å². The minimum Gasteiger partial charge on any atom is -0.462 e. The van der Waals surface area contributed by atoms with E-state index in [0.717, 1.165) is 47.7 Å². The molecule has 3 rings (SSSR count). The molecule has 1 aromatic heterocycles. The standard InChI is InChI=1S/C21H24BrNO3S/c1-2-12-26-21(25)19-16-6-4-3-5-7-17(16)27-20(19)23-18(24)13-14-8-10-15(22)11-9-14/h8-11H,2-7,12-13H2,1H3,(H,23,24). The van der Waals surface area contributed by atoms with Crippen molar-refractivity contribution in [3.63, 3.8) is 0 Å². The maximum Gasteiger partial charge on any atom is 0.341 e. The lowest BCUT2D eigenvalue weighted by Crippen LogP contribution is -2.17. The van der Waals surface area contributed by atoms with Crippen LogP contribution in [0.3, 0.4) is 0 Å². The summed E-state index contributed by atoms with van der Waals surface area (Å²) in [6, 6.07) is 7.68. The Balaban J connectivity index is 1.81. The van der Waals surface area contributed by atoms with Crippen molar-refractivity contribution < 1.29 is 14.3 Å². The minimum absolute atomic E-state index is 0.113. The fourth-order valence-electron chi connectivity index (χ4n) is 3.27. The van der Waals surface area contributed by atoms with E-state index in [-0.39, 0.29) is 18.3 Å². The maximum absolute atomic E-state index is 12.7. The molecule has 1 aliphatic carbocycles. The number of carbonyl (C=O) groups is 2. The number of nitrogens with one attached hydrogen (secondary N) is 1.